The Morgan fingerprint density at radius 3 is 2.60 bits per heavy atom. The number of halogens is 1. The van der Waals surface area contributed by atoms with Crippen molar-refractivity contribution in [3.05, 3.63) is 75.9 Å². The van der Waals surface area contributed by atoms with E-state index in [1.807, 2.05) is 6.92 Å². The summed E-state index contributed by atoms with van der Waals surface area (Å²) < 4.78 is 30.3. The molecule has 0 spiro atoms. The maximum Gasteiger partial charge on any atom is 0.263 e. The van der Waals surface area contributed by atoms with Crippen LogP contribution in [0.3, 0.4) is 0 Å². The Labute approximate surface area is 173 Å². The van der Waals surface area contributed by atoms with Crippen molar-refractivity contribution in [3.63, 3.8) is 0 Å². The zero-order valence-corrected chi connectivity index (χ0v) is 16.9. The van der Waals surface area contributed by atoms with Gasteiger partial charge in [0, 0.05) is 13.5 Å². The van der Waals surface area contributed by atoms with E-state index in [9.17, 15) is 9.18 Å². The van der Waals surface area contributed by atoms with Crippen LogP contribution in [0.4, 0.5) is 4.39 Å². The van der Waals surface area contributed by atoms with Crippen LogP contribution in [0.25, 0.3) is 11.0 Å². The van der Waals surface area contributed by atoms with Crippen LogP contribution in [0.1, 0.15) is 31.1 Å². The monoisotopic (exact) mass is 410 g/mol. The Balaban J connectivity index is 1.93. The average molecular weight is 410 g/mol. The molecule has 6 nitrogen and oxygen atoms in total. The van der Waals surface area contributed by atoms with E-state index < -0.39 is 0 Å². The molecule has 3 rings (SSSR count). The summed E-state index contributed by atoms with van der Waals surface area (Å²) in [7, 11) is 1.48. The lowest BCUT2D eigenvalue weighted by Gasteiger charge is -2.13. The second-order valence-corrected chi connectivity index (χ2v) is 6.64. The maximum absolute atomic E-state index is 13.1. The lowest BCUT2D eigenvalue weighted by molar-refractivity contribution is 0.295. The summed E-state index contributed by atoms with van der Waals surface area (Å²) in [5.41, 5.74) is 0.754. The Morgan fingerprint density at radius 1 is 1.17 bits per heavy atom. The molecule has 0 amide bonds. The average Bonchev–Trinajstić information content (AvgIpc) is 2.75. The maximum atomic E-state index is 13.1. The normalized spacial score (nSPS) is 11.5. The molecule has 1 N–H and O–H groups in total. The fourth-order valence-electron chi connectivity index (χ4n) is 2.85. The molecule has 2 aromatic carbocycles. The number of ether oxygens (including phenoxy) is 2. The van der Waals surface area contributed by atoms with Crippen LogP contribution in [0.2, 0.25) is 0 Å². The van der Waals surface area contributed by atoms with Crippen molar-refractivity contribution in [2.45, 2.75) is 26.2 Å². The number of aliphatic imine (C=N–C) groups is 1. The first-order chi connectivity index (χ1) is 14.5. The summed E-state index contributed by atoms with van der Waals surface area (Å²) in [5, 5.41) is 8.55. The Bertz CT molecular complexity index is 1120. The lowest BCUT2D eigenvalue weighted by atomic mass is 10.1. The molecule has 0 aliphatic heterocycles. The highest BCUT2D eigenvalue weighted by Gasteiger charge is 2.23. The van der Waals surface area contributed by atoms with E-state index in [1.54, 1.807) is 36.4 Å². The first kappa shape index (κ1) is 21.2. The van der Waals surface area contributed by atoms with Gasteiger partial charge in [0.15, 0.2) is 5.90 Å². The van der Waals surface area contributed by atoms with Gasteiger partial charge in [0.1, 0.15) is 11.4 Å². The molecule has 0 radical (unpaired) electrons. The summed E-state index contributed by atoms with van der Waals surface area (Å²) in [5.74, 6) is -0.457. The minimum absolute atomic E-state index is 0.0114. The number of hydrogen-bond acceptors (Lipinski definition) is 6. The molecule has 0 aliphatic carbocycles. The van der Waals surface area contributed by atoms with Gasteiger partial charge < -0.3 is 13.9 Å². The summed E-state index contributed by atoms with van der Waals surface area (Å²) in [4.78, 5) is 17.1. The zero-order valence-electron chi connectivity index (χ0n) is 16.9. The van der Waals surface area contributed by atoms with Crippen LogP contribution < -0.4 is 10.2 Å². The van der Waals surface area contributed by atoms with Crippen molar-refractivity contribution >= 4 is 22.8 Å². The van der Waals surface area contributed by atoms with Crippen LogP contribution in [0.5, 0.6) is 5.75 Å². The first-order valence-electron chi connectivity index (χ1n) is 9.69. The smallest absolute Gasteiger partial charge is 0.263 e. The van der Waals surface area contributed by atoms with E-state index in [-0.39, 0.29) is 41.0 Å². The molecule has 30 heavy (non-hydrogen) atoms. The highest BCUT2D eigenvalue weighted by molar-refractivity contribution is 6.02. The van der Waals surface area contributed by atoms with E-state index >= 15 is 0 Å². The molecular formula is C23H23FN2O4. The number of nitrogens with one attached hydrogen (secondary N) is 1. The molecule has 0 aliphatic rings. The van der Waals surface area contributed by atoms with Gasteiger partial charge in [-0.05, 0) is 36.2 Å². The Morgan fingerprint density at radius 2 is 1.90 bits per heavy atom. The minimum Gasteiger partial charge on any atom is -0.486 e. The molecule has 0 bridgehead atoms. The predicted molar refractivity (Wildman–Crippen MR) is 114 cm³/mol. The Hall–Kier alpha value is -3.48. The highest BCUT2D eigenvalue weighted by atomic mass is 19.1. The van der Waals surface area contributed by atoms with Gasteiger partial charge in [-0.1, -0.05) is 37.6 Å². The number of rotatable bonds is 7. The third-order valence-corrected chi connectivity index (χ3v) is 4.40. The molecule has 0 atom stereocenters. The van der Waals surface area contributed by atoms with Crippen LogP contribution in [-0.2, 0) is 11.2 Å². The molecule has 0 saturated carbocycles. The van der Waals surface area contributed by atoms with Gasteiger partial charge >= 0.3 is 0 Å². The van der Waals surface area contributed by atoms with Crippen molar-refractivity contribution < 1.29 is 18.3 Å². The standard InChI is InChI=1S/C23H23FN2O4/c1-3-4-13-28-21-20(27)17-7-5-6-8-18(17)29-22(21)23(26-2)30-19(25)14-15-9-11-16(24)12-10-15/h5-12,25H,3-4,13-14H2,1-2H3. The van der Waals surface area contributed by atoms with Gasteiger partial charge in [-0.25, -0.2) is 4.39 Å². The van der Waals surface area contributed by atoms with Crippen molar-refractivity contribution in [1.29, 1.82) is 5.41 Å². The van der Waals surface area contributed by atoms with Crippen LogP contribution in [0.15, 0.2) is 62.7 Å². The van der Waals surface area contributed by atoms with Gasteiger partial charge in [-0.2, -0.15) is 0 Å². The fourth-order valence-corrected chi connectivity index (χ4v) is 2.85. The van der Waals surface area contributed by atoms with Gasteiger partial charge in [0.05, 0.1) is 12.0 Å². The van der Waals surface area contributed by atoms with Gasteiger partial charge in [-0.3, -0.25) is 15.2 Å². The zero-order chi connectivity index (χ0) is 21.5. The van der Waals surface area contributed by atoms with E-state index in [4.69, 9.17) is 19.3 Å². The topological polar surface area (TPSA) is 84.9 Å². The second kappa shape index (κ2) is 9.82. The molecule has 7 heteroatoms. The predicted octanol–water partition coefficient (Wildman–Crippen LogP) is 4.72. The van der Waals surface area contributed by atoms with Crippen LogP contribution >= 0.6 is 0 Å². The van der Waals surface area contributed by atoms with Gasteiger partial charge in [0.2, 0.25) is 16.9 Å². The SMILES string of the molecule is CCCCOc1c(C(=NC)OC(=N)Cc2ccc(F)cc2)oc2ccccc2c1=O. The van der Waals surface area contributed by atoms with E-state index in [0.29, 0.717) is 23.1 Å². The fraction of sp³-hybridized carbons (Fsp3) is 0.261. The highest BCUT2D eigenvalue weighted by Crippen LogP contribution is 2.23. The summed E-state index contributed by atoms with van der Waals surface area (Å²) >= 11 is 0. The molecule has 0 fully saturated rings. The molecule has 1 heterocycles. The first-order valence-corrected chi connectivity index (χ1v) is 9.69. The molecule has 0 saturated heterocycles. The van der Waals surface area contributed by atoms with Crippen molar-refractivity contribution in [2.75, 3.05) is 13.7 Å². The van der Waals surface area contributed by atoms with Crippen LogP contribution in [0, 0.1) is 11.2 Å². The minimum atomic E-state index is -0.353. The molecule has 0 unspecified atom stereocenters. The number of hydrogen-bond donors (Lipinski definition) is 1. The Kier molecular flexibility index (Phi) is 6.95. The quantitative estimate of drug-likeness (QED) is 0.347. The number of para-hydroxylation sites is 1. The van der Waals surface area contributed by atoms with E-state index in [0.717, 1.165) is 12.8 Å². The number of unbranched alkanes of at least 4 members (excludes halogenated alkanes) is 1. The van der Waals surface area contributed by atoms with Gasteiger partial charge in [-0.15, -0.1) is 0 Å². The molecule has 3 aromatic rings. The molecule has 1 aromatic heterocycles. The third kappa shape index (κ3) is 4.92. The van der Waals surface area contributed by atoms with Crippen molar-refractivity contribution in [1.82, 2.24) is 0 Å². The molecule has 156 valence electrons. The third-order valence-electron chi connectivity index (χ3n) is 4.40. The summed E-state index contributed by atoms with van der Waals surface area (Å²) in [6.45, 7) is 2.36. The van der Waals surface area contributed by atoms with Gasteiger partial charge in [0.25, 0.3) is 5.90 Å². The van der Waals surface area contributed by atoms with Crippen LogP contribution in [-0.4, -0.2) is 25.5 Å². The number of benzene rings is 2. The number of fused-ring (bicyclic) bond motifs is 1. The second-order valence-electron chi connectivity index (χ2n) is 6.64. The molecular weight excluding hydrogens is 387 g/mol. The summed E-state index contributed by atoms with van der Waals surface area (Å²) in [6.07, 6.45) is 1.80. The number of nitrogens with zero attached hydrogens (tertiary/aromatic N) is 1. The van der Waals surface area contributed by atoms with Crippen molar-refractivity contribution in [2.24, 2.45) is 4.99 Å². The van der Waals surface area contributed by atoms with E-state index in [2.05, 4.69) is 4.99 Å². The largest absolute Gasteiger partial charge is 0.486 e. The van der Waals surface area contributed by atoms with Crippen molar-refractivity contribution in [3.8, 4) is 5.75 Å². The van der Waals surface area contributed by atoms with E-state index in [1.165, 1.54) is 19.2 Å². The lowest BCUT2D eigenvalue weighted by Crippen LogP contribution is -2.20. The summed E-state index contributed by atoms with van der Waals surface area (Å²) in [6, 6.07) is 12.6.